The molecule has 0 spiro atoms. The Morgan fingerprint density at radius 1 is 1.17 bits per heavy atom. The Bertz CT molecular complexity index is 849. The van der Waals surface area contributed by atoms with Gasteiger partial charge in [-0.1, -0.05) is 29.8 Å². The monoisotopic (exact) mass is 366 g/mol. The third-order valence-corrected chi connectivity index (χ3v) is 5.32. The number of hydrogen-bond donors (Lipinski definition) is 1. The first-order valence-corrected chi connectivity index (χ1v) is 9.49. The quantitative estimate of drug-likeness (QED) is 0.883. The van der Waals surface area contributed by atoms with Crippen LogP contribution < -0.4 is 9.62 Å². The van der Waals surface area contributed by atoms with Crippen molar-refractivity contribution in [1.29, 1.82) is 0 Å². The number of hydrogen-bond acceptors (Lipinski definition) is 3. The van der Waals surface area contributed by atoms with Gasteiger partial charge in [0.05, 0.1) is 18.4 Å². The van der Waals surface area contributed by atoms with E-state index < -0.39 is 10.0 Å². The van der Waals surface area contributed by atoms with E-state index >= 15 is 0 Å². The van der Waals surface area contributed by atoms with Crippen molar-refractivity contribution in [2.45, 2.75) is 13.3 Å². The van der Waals surface area contributed by atoms with E-state index in [9.17, 15) is 13.2 Å². The second-order valence-corrected chi connectivity index (χ2v) is 7.96. The van der Waals surface area contributed by atoms with Crippen molar-refractivity contribution in [2.24, 2.45) is 0 Å². The van der Waals surface area contributed by atoms with Crippen LogP contribution >= 0.6 is 11.6 Å². The molecule has 24 heavy (non-hydrogen) atoms. The first-order chi connectivity index (χ1) is 11.2. The zero-order valence-electron chi connectivity index (χ0n) is 13.7. The van der Waals surface area contributed by atoms with E-state index in [1.807, 2.05) is 6.92 Å². The molecule has 0 aliphatic heterocycles. The minimum Gasteiger partial charge on any atom is -0.326 e. The van der Waals surface area contributed by atoms with Crippen LogP contribution in [0.3, 0.4) is 0 Å². The Hall–Kier alpha value is -2.05. The minimum absolute atomic E-state index is 0.162. The molecule has 2 rings (SSSR count). The van der Waals surface area contributed by atoms with Crippen LogP contribution in [-0.4, -0.2) is 27.6 Å². The Morgan fingerprint density at radius 2 is 1.79 bits per heavy atom. The van der Waals surface area contributed by atoms with Crippen LogP contribution in [0.2, 0.25) is 5.02 Å². The molecule has 128 valence electrons. The lowest BCUT2D eigenvalue weighted by atomic mass is 10.1. The Balaban J connectivity index is 2.06. The highest BCUT2D eigenvalue weighted by molar-refractivity contribution is 7.92. The number of nitrogens with zero attached hydrogens (tertiary/aromatic N) is 1. The van der Waals surface area contributed by atoms with Crippen molar-refractivity contribution in [3.63, 3.8) is 0 Å². The molecule has 0 bridgehead atoms. The Kier molecular flexibility index (Phi) is 5.51. The van der Waals surface area contributed by atoms with Gasteiger partial charge in [0, 0.05) is 17.8 Å². The lowest BCUT2D eigenvalue weighted by molar-refractivity contribution is -0.115. The van der Waals surface area contributed by atoms with Crippen LogP contribution in [0, 0.1) is 6.92 Å². The van der Waals surface area contributed by atoms with Crippen molar-refractivity contribution < 1.29 is 13.2 Å². The summed E-state index contributed by atoms with van der Waals surface area (Å²) in [7, 11) is -1.81. The number of amides is 1. The van der Waals surface area contributed by atoms with Crippen LogP contribution in [0.5, 0.6) is 0 Å². The number of carbonyl (C=O) groups excluding carboxylic acids is 1. The number of benzene rings is 2. The number of nitrogens with one attached hydrogen (secondary N) is 1. The molecule has 1 amide bonds. The maximum absolute atomic E-state index is 12.2. The highest BCUT2D eigenvalue weighted by Crippen LogP contribution is 2.23. The largest absolute Gasteiger partial charge is 0.326 e. The normalized spacial score (nSPS) is 11.2. The van der Waals surface area contributed by atoms with E-state index in [0.29, 0.717) is 16.4 Å². The molecule has 0 heterocycles. The number of carbonyl (C=O) groups is 1. The molecule has 2 aromatic carbocycles. The maximum atomic E-state index is 12.2. The fourth-order valence-electron chi connectivity index (χ4n) is 2.14. The SMILES string of the molecule is Cc1c(Cl)cccc1NC(=O)Cc1ccc(N(C)S(C)(=O)=O)cc1. The molecule has 2 aromatic rings. The van der Waals surface area contributed by atoms with Gasteiger partial charge < -0.3 is 5.32 Å². The zero-order valence-corrected chi connectivity index (χ0v) is 15.3. The molecular weight excluding hydrogens is 348 g/mol. The summed E-state index contributed by atoms with van der Waals surface area (Å²) in [4.78, 5) is 12.2. The molecule has 0 saturated carbocycles. The lowest BCUT2D eigenvalue weighted by Crippen LogP contribution is -2.24. The van der Waals surface area contributed by atoms with Crippen LogP contribution in [0.15, 0.2) is 42.5 Å². The van der Waals surface area contributed by atoms with Gasteiger partial charge >= 0.3 is 0 Å². The summed E-state index contributed by atoms with van der Waals surface area (Å²) in [6.45, 7) is 1.84. The molecule has 0 aliphatic carbocycles. The van der Waals surface area contributed by atoms with Crippen LogP contribution in [0.1, 0.15) is 11.1 Å². The van der Waals surface area contributed by atoms with Gasteiger partial charge in [-0.25, -0.2) is 8.42 Å². The summed E-state index contributed by atoms with van der Waals surface area (Å²) in [5.41, 5.74) is 2.84. The fraction of sp³-hybridized carbons (Fsp3) is 0.235. The van der Waals surface area contributed by atoms with Gasteiger partial charge in [-0.2, -0.15) is 0 Å². The molecule has 0 saturated heterocycles. The summed E-state index contributed by atoms with van der Waals surface area (Å²) in [6, 6.07) is 12.2. The fourth-order valence-corrected chi connectivity index (χ4v) is 2.82. The van der Waals surface area contributed by atoms with E-state index in [2.05, 4.69) is 5.32 Å². The van der Waals surface area contributed by atoms with E-state index in [-0.39, 0.29) is 12.3 Å². The third kappa shape index (κ3) is 4.49. The topological polar surface area (TPSA) is 66.5 Å². The molecular formula is C17H19ClN2O3S. The van der Waals surface area contributed by atoms with E-state index in [0.717, 1.165) is 17.4 Å². The third-order valence-electron chi connectivity index (χ3n) is 3.70. The van der Waals surface area contributed by atoms with Gasteiger partial charge in [-0.05, 0) is 42.3 Å². The minimum atomic E-state index is -3.30. The smallest absolute Gasteiger partial charge is 0.231 e. The van der Waals surface area contributed by atoms with Gasteiger partial charge in [0.1, 0.15) is 0 Å². The zero-order chi connectivity index (χ0) is 17.9. The van der Waals surface area contributed by atoms with E-state index in [1.54, 1.807) is 42.5 Å². The Morgan fingerprint density at radius 3 is 2.38 bits per heavy atom. The molecule has 1 N–H and O–H groups in total. The molecule has 0 aliphatic rings. The standard InChI is InChI=1S/C17H19ClN2O3S/c1-12-15(18)5-4-6-16(12)19-17(21)11-13-7-9-14(10-8-13)20(2)24(3,22)23/h4-10H,11H2,1-3H3,(H,19,21). The predicted molar refractivity (Wildman–Crippen MR) is 98.2 cm³/mol. The van der Waals surface area contributed by atoms with Crippen molar-refractivity contribution in [1.82, 2.24) is 0 Å². The second kappa shape index (κ2) is 7.23. The number of anilines is 2. The molecule has 0 atom stereocenters. The Labute approximate surface area is 147 Å². The molecule has 0 radical (unpaired) electrons. The van der Waals surface area contributed by atoms with Crippen LogP contribution in [-0.2, 0) is 21.2 Å². The van der Waals surface area contributed by atoms with Crippen molar-refractivity contribution in [2.75, 3.05) is 22.9 Å². The van der Waals surface area contributed by atoms with Crippen molar-refractivity contribution in [3.05, 3.63) is 58.6 Å². The molecule has 0 unspecified atom stereocenters. The van der Waals surface area contributed by atoms with Crippen molar-refractivity contribution in [3.8, 4) is 0 Å². The average molecular weight is 367 g/mol. The second-order valence-electron chi connectivity index (χ2n) is 5.53. The molecule has 5 nitrogen and oxygen atoms in total. The first-order valence-electron chi connectivity index (χ1n) is 7.26. The van der Waals surface area contributed by atoms with Crippen LogP contribution in [0.25, 0.3) is 0 Å². The highest BCUT2D eigenvalue weighted by Gasteiger charge is 2.12. The van der Waals surface area contributed by atoms with Gasteiger partial charge in [0.2, 0.25) is 15.9 Å². The lowest BCUT2D eigenvalue weighted by Gasteiger charge is -2.16. The molecule has 7 heteroatoms. The summed E-state index contributed by atoms with van der Waals surface area (Å²) in [5.74, 6) is -0.162. The van der Waals surface area contributed by atoms with Gasteiger partial charge in [-0.15, -0.1) is 0 Å². The molecule has 0 fully saturated rings. The average Bonchev–Trinajstić information content (AvgIpc) is 2.51. The van der Waals surface area contributed by atoms with Gasteiger partial charge in [0.15, 0.2) is 0 Å². The first kappa shape index (κ1) is 18.3. The summed E-state index contributed by atoms with van der Waals surface area (Å²) in [6.07, 6.45) is 1.33. The molecule has 0 aromatic heterocycles. The van der Waals surface area contributed by atoms with Crippen LogP contribution in [0.4, 0.5) is 11.4 Å². The number of sulfonamides is 1. The summed E-state index contributed by atoms with van der Waals surface area (Å²) >= 11 is 6.04. The van der Waals surface area contributed by atoms with E-state index in [1.165, 1.54) is 11.4 Å². The van der Waals surface area contributed by atoms with E-state index in [4.69, 9.17) is 11.6 Å². The summed E-state index contributed by atoms with van der Waals surface area (Å²) < 4.78 is 24.2. The summed E-state index contributed by atoms with van der Waals surface area (Å²) in [5, 5.41) is 3.43. The highest BCUT2D eigenvalue weighted by atomic mass is 35.5. The van der Waals surface area contributed by atoms with Crippen molar-refractivity contribution >= 4 is 38.9 Å². The van der Waals surface area contributed by atoms with Gasteiger partial charge in [0.25, 0.3) is 0 Å². The van der Waals surface area contributed by atoms with Gasteiger partial charge in [-0.3, -0.25) is 9.10 Å². The number of halogens is 1. The maximum Gasteiger partial charge on any atom is 0.231 e. The predicted octanol–water partition coefficient (Wildman–Crippen LogP) is 3.23. The number of rotatable bonds is 5.